The van der Waals surface area contributed by atoms with Gasteiger partial charge in [0, 0.05) is 13.1 Å². The molecule has 0 bridgehead atoms. The van der Waals surface area contributed by atoms with Gasteiger partial charge in [0.1, 0.15) is 0 Å². The van der Waals surface area contributed by atoms with Crippen molar-refractivity contribution in [3.63, 3.8) is 0 Å². The highest BCUT2D eigenvalue weighted by Crippen LogP contribution is 2.34. The predicted octanol–water partition coefficient (Wildman–Crippen LogP) is 0.511. The van der Waals surface area contributed by atoms with E-state index in [1.165, 1.54) is 19.3 Å². The van der Waals surface area contributed by atoms with E-state index in [9.17, 15) is 4.79 Å². The van der Waals surface area contributed by atoms with Crippen LogP contribution in [-0.4, -0.2) is 25.5 Å². The molecular formula is C9H18N2O. The molecule has 0 aliphatic heterocycles. The maximum absolute atomic E-state index is 10.8. The van der Waals surface area contributed by atoms with Crippen LogP contribution in [-0.2, 0) is 4.79 Å². The van der Waals surface area contributed by atoms with Crippen LogP contribution < -0.4 is 10.6 Å². The highest BCUT2D eigenvalue weighted by atomic mass is 16.1. The number of hydrogen-bond acceptors (Lipinski definition) is 2. The molecule has 0 aromatic carbocycles. The van der Waals surface area contributed by atoms with Crippen LogP contribution in [0.25, 0.3) is 0 Å². The topological polar surface area (TPSA) is 41.1 Å². The minimum Gasteiger partial charge on any atom is -0.358 e. The van der Waals surface area contributed by atoms with Crippen LogP contribution in [0.4, 0.5) is 0 Å². The lowest BCUT2D eigenvalue weighted by Crippen LogP contribution is -2.33. The molecule has 1 amide bonds. The Labute approximate surface area is 73.9 Å². The van der Waals surface area contributed by atoms with Gasteiger partial charge in [-0.2, -0.15) is 0 Å². The fourth-order valence-corrected chi connectivity index (χ4v) is 1.50. The highest BCUT2D eigenvalue weighted by Gasteiger charge is 2.35. The van der Waals surface area contributed by atoms with Crippen molar-refractivity contribution < 1.29 is 4.79 Å². The number of hydrogen-bond donors (Lipinski definition) is 2. The molecular weight excluding hydrogens is 152 g/mol. The van der Waals surface area contributed by atoms with Gasteiger partial charge in [0.25, 0.3) is 0 Å². The van der Waals surface area contributed by atoms with Crippen LogP contribution in [0.5, 0.6) is 0 Å². The molecule has 2 N–H and O–H groups in total. The summed E-state index contributed by atoms with van der Waals surface area (Å²) in [6.45, 7) is 2.68. The smallest absolute Gasteiger partial charge is 0.233 e. The minimum atomic E-state index is 0.0807. The zero-order chi connectivity index (χ0) is 8.97. The molecule has 1 saturated carbocycles. The molecule has 0 aromatic heterocycles. The molecule has 0 spiro atoms. The molecule has 0 saturated heterocycles. The minimum absolute atomic E-state index is 0.0807. The second-order valence-corrected chi connectivity index (χ2v) is 3.45. The first-order valence-corrected chi connectivity index (χ1v) is 4.72. The zero-order valence-electron chi connectivity index (χ0n) is 7.89. The van der Waals surface area contributed by atoms with E-state index in [1.54, 1.807) is 7.05 Å². The van der Waals surface area contributed by atoms with Gasteiger partial charge in [-0.25, -0.2) is 0 Å². The van der Waals surface area contributed by atoms with E-state index < -0.39 is 0 Å². The summed E-state index contributed by atoms with van der Waals surface area (Å²) in [5, 5.41) is 5.82. The molecule has 2 atom stereocenters. The van der Waals surface area contributed by atoms with Gasteiger partial charge in [0.05, 0.1) is 6.54 Å². The second kappa shape index (κ2) is 4.45. The van der Waals surface area contributed by atoms with Crippen molar-refractivity contribution >= 4 is 5.91 Å². The standard InChI is InChI=1S/C9H18N2O/c1-3-4-7-5-8(7)11-6-9(12)10-2/h7-8,11H,3-6H2,1-2H3,(H,10,12). The molecule has 0 radical (unpaired) electrons. The molecule has 2 unspecified atom stereocenters. The summed E-state index contributed by atoms with van der Waals surface area (Å²) >= 11 is 0. The van der Waals surface area contributed by atoms with E-state index in [1.807, 2.05) is 0 Å². The molecule has 70 valence electrons. The maximum Gasteiger partial charge on any atom is 0.233 e. The van der Waals surface area contributed by atoms with Gasteiger partial charge in [0.2, 0.25) is 5.91 Å². The number of nitrogens with one attached hydrogen (secondary N) is 2. The summed E-state index contributed by atoms with van der Waals surface area (Å²) < 4.78 is 0. The average molecular weight is 170 g/mol. The Morgan fingerprint density at radius 3 is 2.92 bits per heavy atom. The van der Waals surface area contributed by atoms with E-state index in [0.29, 0.717) is 12.6 Å². The van der Waals surface area contributed by atoms with Crippen molar-refractivity contribution in [2.45, 2.75) is 32.2 Å². The van der Waals surface area contributed by atoms with Gasteiger partial charge >= 0.3 is 0 Å². The third kappa shape index (κ3) is 2.81. The van der Waals surface area contributed by atoms with Crippen LogP contribution in [0.15, 0.2) is 0 Å². The summed E-state index contributed by atoms with van der Waals surface area (Å²) in [5.74, 6) is 0.914. The Hall–Kier alpha value is -0.570. The Kier molecular flexibility index (Phi) is 3.53. The van der Waals surface area contributed by atoms with Gasteiger partial charge in [-0.1, -0.05) is 13.3 Å². The van der Waals surface area contributed by atoms with Crippen LogP contribution in [0.2, 0.25) is 0 Å². The summed E-state index contributed by atoms with van der Waals surface area (Å²) in [7, 11) is 1.67. The van der Waals surface area contributed by atoms with Gasteiger partial charge < -0.3 is 10.6 Å². The largest absolute Gasteiger partial charge is 0.358 e. The maximum atomic E-state index is 10.8. The number of rotatable bonds is 5. The van der Waals surface area contributed by atoms with E-state index in [2.05, 4.69) is 17.6 Å². The average Bonchev–Trinajstić information content (AvgIpc) is 2.80. The van der Waals surface area contributed by atoms with Crippen molar-refractivity contribution in [2.24, 2.45) is 5.92 Å². The first-order chi connectivity index (χ1) is 5.77. The first-order valence-electron chi connectivity index (χ1n) is 4.72. The van der Waals surface area contributed by atoms with Crippen molar-refractivity contribution in [3.05, 3.63) is 0 Å². The molecule has 1 fully saturated rings. The lowest BCUT2D eigenvalue weighted by Gasteiger charge is -2.01. The second-order valence-electron chi connectivity index (χ2n) is 3.45. The summed E-state index contributed by atoms with van der Waals surface area (Å²) in [5.41, 5.74) is 0. The van der Waals surface area contributed by atoms with Crippen LogP contribution in [0, 0.1) is 5.92 Å². The van der Waals surface area contributed by atoms with Crippen LogP contribution in [0.3, 0.4) is 0 Å². The van der Waals surface area contributed by atoms with Gasteiger partial charge in [0.15, 0.2) is 0 Å². The summed E-state index contributed by atoms with van der Waals surface area (Å²) in [6.07, 6.45) is 3.80. The molecule has 1 rings (SSSR count). The third-order valence-corrected chi connectivity index (χ3v) is 2.39. The number of likely N-dealkylation sites (N-methyl/N-ethyl adjacent to an activating group) is 1. The summed E-state index contributed by atoms with van der Waals surface area (Å²) in [4.78, 5) is 10.8. The van der Waals surface area contributed by atoms with Crippen LogP contribution in [0.1, 0.15) is 26.2 Å². The number of amides is 1. The van der Waals surface area contributed by atoms with Crippen molar-refractivity contribution in [1.82, 2.24) is 10.6 Å². The van der Waals surface area contributed by atoms with Crippen molar-refractivity contribution in [1.29, 1.82) is 0 Å². The molecule has 1 aliphatic carbocycles. The van der Waals surface area contributed by atoms with E-state index in [-0.39, 0.29) is 5.91 Å². The quantitative estimate of drug-likeness (QED) is 0.631. The highest BCUT2D eigenvalue weighted by molar-refractivity contribution is 5.77. The van der Waals surface area contributed by atoms with E-state index in [4.69, 9.17) is 0 Å². The molecule has 0 heterocycles. The monoisotopic (exact) mass is 170 g/mol. The SMILES string of the molecule is CCCC1CC1NCC(=O)NC. The van der Waals surface area contributed by atoms with E-state index >= 15 is 0 Å². The summed E-state index contributed by atoms with van der Waals surface area (Å²) in [6, 6.07) is 0.613. The fourth-order valence-electron chi connectivity index (χ4n) is 1.50. The van der Waals surface area contributed by atoms with E-state index in [0.717, 1.165) is 5.92 Å². The van der Waals surface area contributed by atoms with Gasteiger partial charge in [-0.15, -0.1) is 0 Å². The van der Waals surface area contributed by atoms with Gasteiger partial charge in [-0.3, -0.25) is 4.79 Å². The fraction of sp³-hybridized carbons (Fsp3) is 0.889. The Bertz CT molecular complexity index is 159. The first kappa shape index (κ1) is 9.52. The van der Waals surface area contributed by atoms with Gasteiger partial charge in [-0.05, 0) is 18.8 Å². The lowest BCUT2D eigenvalue weighted by atomic mass is 10.2. The molecule has 3 heteroatoms. The number of carbonyl (C=O) groups excluding carboxylic acids is 1. The Balaban J connectivity index is 2.00. The van der Waals surface area contributed by atoms with Crippen molar-refractivity contribution in [3.8, 4) is 0 Å². The zero-order valence-corrected chi connectivity index (χ0v) is 7.89. The Morgan fingerprint density at radius 2 is 2.33 bits per heavy atom. The van der Waals surface area contributed by atoms with Crippen LogP contribution >= 0.6 is 0 Å². The number of carbonyl (C=O) groups is 1. The lowest BCUT2D eigenvalue weighted by molar-refractivity contribution is -0.119. The molecule has 1 aliphatic rings. The predicted molar refractivity (Wildman–Crippen MR) is 48.9 cm³/mol. The third-order valence-electron chi connectivity index (χ3n) is 2.39. The molecule has 12 heavy (non-hydrogen) atoms. The molecule has 0 aromatic rings. The Morgan fingerprint density at radius 1 is 1.58 bits per heavy atom. The normalized spacial score (nSPS) is 26.8. The van der Waals surface area contributed by atoms with Crippen molar-refractivity contribution in [2.75, 3.05) is 13.6 Å². The molecule has 3 nitrogen and oxygen atoms in total.